The zero-order valence-electron chi connectivity index (χ0n) is 14.9. The molecule has 26 heavy (non-hydrogen) atoms. The number of carbonyl (C=O) groups is 1. The summed E-state index contributed by atoms with van der Waals surface area (Å²) >= 11 is 1.67. The molecule has 2 aromatic heterocycles. The van der Waals surface area contributed by atoms with E-state index in [9.17, 15) is 4.79 Å². The molecule has 3 aromatic rings. The maximum absolute atomic E-state index is 12.7. The SMILES string of the molecule is Cc1cccc(CSc2nc3ccncc3n2CC(=O)N2CCCC2)c1. The maximum atomic E-state index is 12.7. The number of pyridine rings is 1. The van der Waals surface area contributed by atoms with E-state index in [-0.39, 0.29) is 5.91 Å². The Labute approximate surface area is 157 Å². The number of benzene rings is 1. The number of rotatable bonds is 5. The molecular weight excluding hydrogens is 344 g/mol. The molecule has 4 rings (SSSR count). The zero-order chi connectivity index (χ0) is 17.9. The number of amides is 1. The molecule has 0 unspecified atom stereocenters. The van der Waals surface area contributed by atoms with Gasteiger partial charge in [0.2, 0.25) is 5.91 Å². The van der Waals surface area contributed by atoms with Gasteiger partial charge in [-0.1, -0.05) is 41.6 Å². The highest BCUT2D eigenvalue weighted by Crippen LogP contribution is 2.27. The molecule has 1 saturated heterocycles. The topological polar surface area (TPSA) is 51.0 Å². The smallest absolute Gasteiger partial charge is 0.242 e. The number of likely N-dealkylation sites (tertiary alicyclic amines) is 1. The number of thioether (sulfide) groups is 1. The van der Waals surface area contributed by atoms with Crippen LogP contribution in [0, 0.1) is 6.92 Å². The van der Waals surface area contributed by atoms with Crippen molar-refractivity contribution in [3.05, 3.63) is 53.9 Å². The number of imidazole rings is 1. The normalized spacial score (nSPS) is 14.3. The molecule has 134 valence electrons. The van der Waals surface area contributed by atoms with Crippen molar-refractivity contribution < 1.29 is 4.79 Å². The van der Waals surface area contributed by atoms with Crippen molar-refractivity contribution in [2.24, 2.45) is 0 Å². The average Bonchev–Trinajstić information content (AvgIpc) is 3.29. The van der Waals surface area contributed by atoms with Gasteiger partial charge in [0.25, 0.3) is 0 Å². The van der Waals surface area contributed by atoms with Gasteiger partial charge in [0.05, 0.1) is 17.2 Å². The molecule has 0 bridgehead atoms. The summed E-state index contributed by atoms with van der Waals surface area (Å²) in [6.07, 6.45) is 5.76. The van der Waals surface area contributed by atoms with E-state index in [0.29, 0.717) is 6.54 Å². The first-order valence-corrected chi connectivity index (χ1v) is 9.95. The van der Waals surface area contributed by atoms with Crippen molar-refractivity contribution in [3.63, 3.8) is 0 Å². The van der Waals surface area contributed by atoms with Crippen molar-refractivity contribution in [2.75, 3.05) is 13.1 Å². The monoisotopic (exact) mass is 366 g/mol. The van der Waals surface area contributed by atoms with Crippen LogP contribution in [-0.2, 0) is 17.1 Å². The first-order chi connectivity index (χ1) is 12.7. The second-order valence-corrected chi connectivity index (χ2v) is 7.65. The van der Waals surface area contributed by atoms with Crippen LogP contribution in [0.2, 0.25) is 0 Å². The summed E-state index contributed by atoms with van der Waals surface area (Å²) in [5.74, 6) is 0.999. The van der Waals surface area contributed by atoms with Crippen LogP contribution in [0.1, 0.15) is 24.0 Å². The minimum Gasteiger partial charge on any atom is -0.341 e. The molecule has 1 fully saturated rings. The van der Waals surface area contributed by atoms with Gasteiger partial charge in [-0.25, -0.2) is 4.98 Å². The Morgan fingerprint density at radius 1 is 1.23 bits per heavy atom. The second-order valence-electron chi connectivity index (χ2n) is 6.71. The van der Waals surface area contributed by atoms with Crippen molar-refractivity contribution in [1.82, 2.24) is 19.4 Å². The van der Waals surface area contributed by atoms with Crippen LogP contribution < -0.4 is 0 Å². The summed E-state index contributed by atoms with van der Waals surface area (Å²) in [5.41, 5.74) is 4.33. The van der Waals surface area contributed by atoms with E-state index < -0.39 is 0 Å². The van der Waals surface area contributed by atoms with Gasteiger partial charge in [-0.05, 0) is 31.4 Å². The number of aryl methyl sites for hydroxylation is 1. The van der Waals surface area contributed by atoms with Gasteiger partial charge in [-0.15, -0.1) is 0 Å². The van der Waals surface area contributed by atoms with Gasteiger partial charge in [-0.3, -0.25) is 9.78 Å². The Bertz CT molecular complexity index is 930. The molecule has 1 aliphatic heterocycles. The van der Waals surface area contributed by atoms with Gasteiger partial charge in [-0.2, -0.15) is 0 Å². The predicted octanol–water partition coefficient (Wildman–Crippen LogP) is 3.65. The van der Waals surface area contributed by atoms with Crippen LogP contribution >= 0.6 is 11.8 Å². The highest BCUT2D eigenvalue weighted by Gasteiger charge is 2.21. The van der Waals surface area contributed by atoms with Gasteiger partial charge >= 0.3 is 0 Å². The summed E-state index contributed by atoms with van der Waals surface area (Å²) in [4.78, 5) is 23.6. The van der Waals surface area contributed by atoms with Crippen LogP contribution in [0.5, 0.6) is 0 Å². The summed E-state index contributed by atoms with van der Waals surface area (Å²) in [6, 6.07) is 10.4. The van der Waals surface area contributed by atoms with Gasteiger partial charge in [0.15, 0.2) is 5.16 Å². The number of fused-ring (bicyclic) bond motifs is 1. The number of nitrogens with zero attached hydrogens (tertiary/aromatic N) is 4. The van der Waals surface area contributed by atoms with Crippen molar-refractivity contribution in [3.8, 4) is 0 Å². The Kier molecular flexibility index (Phi) is 4.93. The zero-order valence-corrected chi connectivity index (χ0v) is 15.7. The number of aromatic nitrogens is 3. The molecule has 6 heteroatoms. The van der Waals surface area contributed by atoms with E-state index in [2.05, 4.69) is 36.2 Å². The summed E-state index contributed by atoms with van der Waals surface area (Å²) < 4.78 is 2.02. The predicted molar refractivity (Wildman–Crippen MR) is 104 cm³/mol. The van der Waals surface area contributed by atoms with Crippen LogP contribution in [-0.4, -0.2) is 38.4 Å². The summed E-state index contributed by atoms with van der Waals surface area (Å²) in [5, 5.41) is 0.877. The Morgan fingerprint density at radius 3 is 2.88 bits per heavy atom. The van der Waals surface area contributed by atoms with Crippen molar-refractivity contribution >= 4 is 28.7 Å². The fraction of sp³-hybridized carbons (Fsp3) is 0.350. The Hall–Kier alpha value is -2.34. The fourth-order valence-corrected chi connectivity index (χ4v) is 4.32. The molecule has 0 radical (unpaired) electrons. The molecule has 0 aliphatic carbocycles. The third-order valence-corrected chi connectivity index (χ3v) is 5.77. The lowest BCUT2D eigenvalue weighted by atomic mass is 10.2. The molecular formula is C20H22N4OS. The first-order valence-electron chi connectivity index (χ1n) is 8.97. The average molecular weight is 366 g/mol. The lowest BCUT2D eigenvalue weighted by Gasteiger charge is -2.16. The van der Waals surface area contributed by atoms with Crippen LogP contribution in [0.3, 0.4) is 0 Å². The molecule has 1 amide bonds. The largest absolute Gasteiger partial charge is 0.341 e. The van der Waals surface area contributed by atoms with E-state index in [1.54, 1.807) is 24.2 Å². The van der Waals surface area contributed by atoms with E-state index in [1.807, 2.05) is 15.5 Å². The van der Waals surface area contributed by atoms with Gasteiger partial charge in [0.1, 0.15) is 6.54 Å². The van der Waals surface area contributed by atoms with E-state index >= 15 is 0 Å². The van der Waals surface area contributed by atoms with Crippen LogP contribution in [0.25, 0.3) is 11.0 Å². The van der Waals surface area contributed by atoms with E-state index in [0.717, 1.165) is 47.9 Å². The third kappa shape index (κ3) is 3.60. The lowest BCUT2D eigenvalue weighted by Crippen LogP contribution is -2.31. The quantitative estimate of drug-likeness (QED) is 0.647. The van der Waals surface area contributed by atoms with E-state index in [4.69, 9.17) is 4.98 Å². The second kappa shape index (κ2) is 7.50. The molecule has 0 saturated carbocycles. The highest BCUT2D eigenvalue weighted by molar-refractivity contribution is 7.98. The molecule has 0 N–H and O–H groups in total. The number of hydrogen-bond donors (Lipinski definition) is 0. The number of carbonyl (C=O) groups excluding carboxylic acids is 1. The van der Waals surface area contributed by atoms with Crippen LogP contribution in [0.15, 0.2) is 47.9 Å². The summed E-state index contributed by atoms with van der Waals surface area (Å²) in [6.45, 7) is 4.17. The highest BCUT2D eigenvalue weighted by atomic mass is 32.2. The standard InChI is InChI=1S/C20H22N4OS/c1-15-5-4-6-16(11-15)14-26-20-22-17-7-8-21-12-18(17)24(20)13-19(25)23-9-2-3-10-23/h4-8,11-12H,2-3,9-10,13-14H2,1H3. The maximum Gasteiger partial charge on any atom is 0.242 e. The molecule has 1 aromatic carbocycles. The molecule has 3 heterocycles. The Balaban J connectivity index is 1.59. The minimum atomic E-state index is 0.169. The fourth-order valence-electron chi connectivity index (χ4n) is 3.36. The van der Waals surface area contributed by atoms with E-state index in [1.165, 1.54) is 11.1 Å². The van der Waals surface area contributed by atoms with Crippen LogP contribution in [0.4, 0.5) is 0 Å². The van der Waals surface area contributed by atoms with Crippen molar-refractivity contribution in [1.29, 1.82) is 0 Å². The molecule has 5 nitrogen and oxygen atoms in total. The van der Waals surface area contributed by atoms with Crippen molar-refractivity contribution in [2.45, 2.75) is 37.2 Å². The summed E-state index contributed by atoms with van der Waals surface area (Å²) in [7, 11) is 0. The van der Waals surface area contributed by atoms with Gasteiger partial charge < -0.3 is 9.47 Å². The molecule has 0 atom stereocenters. The molecule has 0 spiro atoms. The first kappa shape index (κ1) is 17.1. The number of hydrogen-bond acceptors (Lipinski definition) is 4. The lowest BCUT2D eigenvalue weighted by molar-refractivity contribution is -0.130. The minimum absolute atomic E-state index is 0.169. The van der Waals surface area contributed by atoms with Gasteiger partial charge in [0, 0.05) is 25.0 Å². The molecule has 1 aliphatic rings. The Morgan fingerprint density at radius 2 is 2.08 bits per heavy atom. The third-order valence-electron chi connectivity index (χ3n) is 4.72.